The Bertz CT molecular complexity index is 1390. The zero-order valence-electron chi connectivity index (χ0n) is 15.2. The lowest BCUT2D eigenvalue weighted by Gasteiger charge is -2.00. The van der Waals surface area contributed by atoms with Gasteiger partial charge in [0.1, 0.15) is 10.9 Å². The molecule has 1 amide bonds. The van der Waals surface area contributed by atoms with Crippen LogP contribution >= 0.6 is 34.3 Å². The minimum absolute atomic E-state index is 0.213. The van der Waals surface area contributed by atoms with Gasteiger partial charge in [-0.25, -0.2) is 9.97 Å². The van der Waals surface area contributed by atoms with E-state index >= 15 is 0 Å². The van der Waals surface area contributed by atoms with E-state index < -0.39 is 0 Å². The molecule has 0 aliphatic heterocycles. The Kier molecular flexibility index (Phi) is 4.58. The van der Waals surface area contributed by atoms with Gasteiger partial charge in [0.25, 0.3) is 5.91 Å². The van der Waals surface area contributed by atoms with Gasteiger partial charge in [-0.15, -0.1) is 11.3 Å². The van der Waals surface area contributed by atoms with Crippen molar-refractivity contribution in [2.45, 2.75) is 6.92 Å². The van der Waals surface area contributed by atoms with Gasteiger partial charge in [0.05, 0.1) is 27.2 Å². The number of ether oxygens (including phenoxy) is 1. The first-order chi connectivity index (χ1) is 14.1. The summed E-state index contributed by atoms with van der Waals surface area (Å²) in [5, 5.41) is 5.62. The summed E-state index contributed by atoms with van der Waals surface area (Å²) in [5.74, 6) is 0.579. The van der Waals surface area contributed by atoms with Crippen molar-refractivity contribution in [3.63, 3.8) is 0 Å². The maximum atomic E-state index is 12.9. The first kappa shape index (κ1) is 18.3. The molecule has 0 fully saturated rings. The molecule has 1 N–H and O–H groups in total. The normalized spacial score (nSPS) is 11.4. The topological polar surface area (TPSA) is 64.1 Å². The lowest BCUT2D eigenvalue weighted by Crippen LogP contribution is -2.09. The number of carbonyl (C=O) groups excluding carboxylic acids is 1. The summed E-state index contributed by atoms with van der Waals surface area (Å²) in [6.45, 7) is 2.55. The minimum atomic E-state index is -0.213. The first-order valence-corrected chi connectivity index (χ1v) is 11.0. The number of halogens is 1. The number of nitrogens with one attached hydrogen (secondary N) is 1. The molecule has 3 aromatic heterocycles. The molecule has 0 aliphatic rings. The summed E-state index contributed by atoms with van der Waals surface area (Å²) in [6, 6.07) is 15.3. The summed E-state index contributed by atoms with van der Waals surface area (Å²) >= 11 is 9.17. The van der Waals surface area contributed by atoms with Crippen molar-refractivity contribution in [3.8, 4) is 5.75 Å². The van der Waals surface area contributed by atoms with Gasteiger partial charge in [-0.2, -0.15) is 0 Å². The van der Waals surface area contributed by atoms with Crippen molar-refractivity contribution in [2.24, 2.45) is 0 Å². The highest BCUT2D eigenvalue weighted by atomic mass is 35.5. The third-order valence-corrected chi connectivity index (χ3v) is 6.83. The number of carbonyl (C=O) groups is 1. The molecule has 0 aliphatic carbocycles. The Morgan fingerprint density at radius 3 is 2.79 bits per heavy atom. The second kappa shape index (κ2) is 7.26. The van der Waals surface area contributed by atoms with Crippen LogP contribution in [-0.2, 0) is 0 Å². The Labute approximate surface area is 178 Å². The minimum Gasteiger partial charge on any atom is -0.494 e. The molecule has 2 aromatic carbocycles. The Balaban J connectivity index is 1.49. The van der Waals surface area contributed by atoms with E-state index in [1.165, 1.54) is 22.7 Å². The van der Waals surface area contributed by atoms with Gasteiger partial charge < -0.3 is 4.74 Å². The van der Waals surface area contributed by atoms with Crippen molar-refractivity contribution in [1.82, 2.24) is 9.97 Å². The van der Waals surface area contributed by atoms with E-state index in [4.69, 9.17) is 16.3 Å². The quantitative estimate of drug-likeness (QED) is 0.331. The Hall–Kier alpha value is -2.74. The smallest absolute Gasteiger partial charge is 0.267 e. The van der Waals surface area contributed by atoms with Gasteiger partial charge in [-0.3, -0.25) is 10.1 Å². The van der Waals surface area contributed by atoms with Crippen molar-refractivity contribution < 1.29 is 9.53 Å². The highest BCUT2D eigenvalue weighted by molar-refractivity contribution is 7.23. The molecule has 0 bridgehead atoms. The van der Waals surface area contributed by atoms with Crippen LogP contribution in [0.5, 0.6) is 5.75 Å². The van der Waals surface area contributed by atoms with Crippen molar-refractivity contribution in [2.75, 3.05) is 11.9 Å². The average molecular weight is 440 g/mol. The van der Waals surface area contributed by atoms with Crippen LogP contribution in [0.2, 0.25) is 5.15 Å². The number of benzene rings is 2. The predicted molar refractivity (Wildman–Crippen MR) is 121 cm³/mol. The fourth-order valence-electron chi connectivity index (χ4n) is 3.16. The standard InChI is InChI=1S/C21H14ClN3O2S2/c1-2-27-11-7-8-15-16(9-11)29-21(24-15)25-20(26)17-10-13-18(28-17)12-5-3-4-6-14(12)23-19(13)22/h3-10H,2H2,1H3,(H,24,25,26). The number of amides is 1. The summed E-state index contributed by atoms with van der Waals surface area (Å²) in [4.78, 5) is 22.3. The summed E-state index contributed by atoms with van der Waals surface area (Å²) in [6.07, 6.45) is 0. The number of fused-ring (bicyclic) bond motifs is 4. The maximum Gasteiger partial charge on any atom is 0.267 e. The Morgan fingerprint density at radius 1 is 1.07 bits per heavy atom. The van der Waals surface area contributed by atoms with E-state index in [9.17, 15) is 4.79 Å². The van der Waals surface area contributed by atoms with Crippen molar-refractivity contribution >= 4 is 76.5 Å². The first-order valence-electron chi connectivity index (χ1n) is 8.95. The van der Waals surface area contributed by atoms with Crippen molar-refractivity contribution in [3.05, 3.63) is 58.6 Å². The number of nitrogens with zero attached hydrogens (tertiary/aromatic N) is 2. The van der Waals surface area contributed by atoms with E-state index in [1.807, 2.05) is 49.4 Å². The lowest BCUT2D eigenvalue weighted by molar-refractivity contribution is 0.103. The molecule has 3 heterocycles. The van der Waals surface area contributed by atoms with Crippen LogP contribution in [-0.4, -0.2) is 22.5 Å². The fourth-order valence-corrected chi connectivity index (χ4v) is 5.43. The molecule has 29 heavy (non-hydrogen) atoms. The molecule has 0 unspecified atom stereocenters. The predicted octanol–water partition coefficient (Wildman–Crippen LogP) is 6.36. The molecule has 5 aromatic rings. The number of rotatable bonds is 4. The van der Waals surface area contributed by atoms with Crippen LogP contribution in [0.3, 0.4) is 0 Å². The van der Waals surface area contributed by atoms with Gasteiger partial charge in [0.2, 0.25) is 0 Å². The molecule has 0 atom stereocenters. The second-order valence-electron chi connectivity index (χ2n) is 6.31. The van der Waals surface area contributed by atoms with Crippen LogP contribution < -0.4 is 10.1 Å². The van der Waals surface area contributed by atoms with E-state index in [-0.39, 0.29) is 5.91 Å². The number of thiazole rings is 1. The van der Waals surface area contributed by atoms with Gasteiger partial charge in [-0.05, 0) is 37.3 Å². The zero-order valence-corrected chi connectivity index (χ0v) is 17.6. The number of aromatic nitrogens is 2. The molecule has 5 nitrogen and oxygen atoms in total. The molecule has 144 valence electrons. The number of hydrogen-bond donors (Lipinski definition) is 1. The number of hydrogen-bond acceptors (Lipinski definition) is 6. The summed E-state index contributed by atoms with van der Waals surface area (Å²) in [7, 11) is 0. The largest absolute Gasteiger partial charge is 0.494 e. The number of anilines is 1. The maximum absolute atomic E-state index is 12.9. The Morgan fingerprint density at radius 2 is 1.93 bits per heavy atom. The summed E-state index contributed by atoms with van der Waals surface area (Å²) < 4.78 is 7.44. The monoisotopic (exact) mass is 439 g/mol. The number of pyridine rings is 1. The SMILES string of the molecule is CCOc1ccc2nc(NC(=O)c3cc4c(Cl)nc5ccccc5c4s3)sc2c1. The van der Waals surface area contributed by atoms with Crippen LogP contribution in [0.15, 0.2) is 48.5 Å². The number of para-hydroxylation sites is 1. The zero-order chi connectivity index (χ0) is 20.0. The molecule has 0 saturated heterocycles. The molecule has 8 heteroatoms. The van der Waals surface area contributed by atoms with Crippen molar-refractivity contribution in [1.29, 1.82) is 0 Å². The van der Waals surface area contributed by atoms with E-state index in [2.05, 4.69) is 15.3 Å². The van der Waals surface area contributed by atoms with E-state index in [1.54, 1.807) is 6.07 Å². The van der Waals surface area contributed by atoms with E-state index in [0.717, 1.165) is 37.0 Å². The van der Waals surface area contributed by atoms with Crippen LogP contribution in [0.1, 0.15) is 16.6 Å². The van der Waals surface area contributed by atoms with E-state index in [0.29, 0.717) is 21.8 Å². The van der Waals surface area contributed by atoms with Gasteiger partial charge in [0, 0.05) is 15.5 Å². The molecule has 0 saturated carbocycles. The molecule has 0 spiro atoms. The highest BCUT2D eigenvalue weighted by Crippen LogP contribution is 2.36. The average Bonchev–Trinajstić information content (AvgIpc) is 3.32. The van der Waals surface area contributed by atoms with Crippen LogP contribution in [0.25, 0.3) is 31.2 Å². The molecular weight excluding hydrogens is 426 g/mol. The fraction of sp³-hybridized carbons (Fsp3) is 0.0952. The van der Waals surface area contributed by atoms with Crippen LogP contribution in [0.4, 0.5) is 5.13 Å². The second-order valence-corrected chi connectivity index (χ2v) is 8.75. The van der Waals surface area contributed by atoms with Gasteiger partial charge in [0.15, 0.2) is 5.13 Å². The third kappa shape index (κ3) is 3.31. The van der Waals surface area contributed by atoms with Crippen LogP contribution in [0, 0.1) is 0 Å². The molecule has 5 rings (SSSR count). The highest BCUT2D eigenvalue weighted by Gasteiger charge is 2.17. The van der Waals surface area contributed by atoms with Gasteiger partial charge in [-0.1, -0.05) is 41.1 Å². The lowest BCUT2D eigenvalue weighted by atomic mass is 10.2. The number of thiophene rings is 1. The molecular formula is C21H14ClN3O2S2. The molecule has 0 radical (unpaired) electrons. The summed E-state index contributed by atoms with van der Waals surface area (Å²) in [5.41, 5.74) is 1.64. The third-order valence-electron chi connectivity index (χ3n) is 4.44. The van der Waals surface area contributed by atoms with Gasteiger partial charge >= 0.3 is 0 Å².